The zero-order chi connectivity index (χ0) is 14.9. The molecule has 110 valence electrons. The van der Waals surface area contributed by atoms with Crippen LogP contribution in [0, 0.1) is 0 Å². The largest absolute Gasteiger partial charge is 0.330 e. The maximum Gasteiger partial charge on any atom is 0.228 e. The molecule has 0 spiro atoms. The number of rotatable bonds is 3. The van der Waals surface area contributed by atoms with Gasteiger partial charge in [-0.05, 0) is 30.2 Å². The standard InChI is InChI=1S/C18H17N3O/c22-18(21-12-9-14-5-1-3-7-16(14)21)10-11-20-13-19-15-6-2-4-8-17(15)20/h1-8,13H,9-12H2. The summed E-state index contributed by atoms with van der Waals surface area (Å²) in [6, 6.07) is 16.2. The number of hydrogen-bond acceptors (Lipinski definition) is 2. The van der Waals surface area contributed by atoms with Crippen LogP contribution in [-0.2, 0) is 17.8 Å². The molecule has 0 unspecified atom stereocenters. The van der Waals surface area contributed by atoms with Crippen LogP contribution in [0.3, 0.4) is 0 Å². The summed E-state index contributed by atoms with van der Waals surface area (Å²) in [5, 5.41) is 0. The second-order valence-electron chi connectivity index (χ2n) is 5.60. The molecule has 1 amide bonds. The number of aryl methyl sites for hydroxylation is 1. The van der Waals surface area contributed by atoms with Gasteiger partial charge in [-0.15, -0.1) is 0 Å². The normalized spacial score (nSPS) is 13.5. The molecule has 0 aliphatic carbocycles. The van der Waals surface area contributed by atoms with Gasteiger partial charge in [0.1, 0.15) is 0 Å². The molecule has 0 radical (unpaired) electrons. The molecule has 1 aliphatic heterocycles. The number of anilines is 1. The van der Waals surface area contributed by atoms with Gasteiger partial charge in [-0.25, -0.2) is 4.98 Å². The first kappa shape index (κ1) is 13.1. The highest BCUT2D eigenvalue weighted by molar-refractivity contribution is 5.95. The molecule has 3 aromatic rings. The number of para-hydroxylation sites is 3. The highest BCUT2D eigenvalue weighted by Crippen LogP contribution is 2.28. The highest BCUT2D eigenvalue weighted by Gasteiger charge is 2.23. The van der Waals surface area contributed by atoms with Crippen LogP contribution in [-0.4, -0.2) is 22.0 Å². The summed E-state index contributed by atoms with van der Waals surface area (Å²) in [5.41, 5.74) is 4.39. The van der Waals surface area contributed by atoms with Crippen molar-refractivity contribution in [1.29, 1.82) is 0 Å². The van der Waals surface area contributed by atoms with Crippen molar-refractivity contribution >= 4 is 22.6 Å². The molecule has 0 fully saturated rings. The Labute approximate surface area is 129 Å². The molecule has 0 atom stereocenters. The van der Waals surface area contributed by atoms with E-state index in [1.807, 2.05) is 53.7 Å². The van der Waals surface area contributed by atoms with Crippen LogP contribution in [0.15, 0.2) is 54.9 Å². The second kappa shape index (κ2) is 5.30. The molecule has 0 saturated carbocycles. The van der Waals surface area contributed by atoms with Gasteiger partial charge in [-0.3, -0.25) is 4.79 Å². The van der Waals surface area contributed by atoms with Crippen LogP contribution >= 0.6 is 0 Å². The minimum Gasteiger partial charge on any atom is -0.330 e. The predicted molar refractivity (Wildman–Crippen MR) is 86.8 cm³/mol. The van der Waals surface area contributed by atoms with E-state index in [9.17, 15) is 4.79 Å². The molecular weight excluding hydrogens is 274 g/mol. The summed E-state index contributed by atoms with van der Waals surface area (Å²) in [5.74, 6) is 0.183. The van der Waals surface area contributed by atoms with E-state index < -0.39 is 0 Å². The van der Waals surface area contributed by atoms with E-state index in [2.05, 4.69) is 15.6 Å². The van der Waals surface area contributed by atoms with Gasteiger partial charge in [-0.1, -0.05) is 30.3 Å². The highest BCUT2D eigenvalue weighted by atomic mass is 16.2. The summed E-state index contributed by atoms with van der Waals surface area (Å²) < 4.78 is 2.05. The van der Waals surface area contributed by atoms with Crippen molar-refractivity contribution in [3.63, 3.8) is 0 Å². The molecule has 22 heavy (non-hydrogen) atoms. The van der Waals surface area contributed by atoms with Crippen LogP contribution < -0.4 is 4.90 Å². The lowest BCUT2D eigenvalue weighted by Gasteiger charge is -2.17. The van der Waals surface area contributed by atoms with Gasteiger partial charge in [0.25, 0.3) is 0 Å². The van der Waals surface area contributed by atoms with E-state index in [-0.39, 0.29) is 5.91 Å². The molecule has 0 N–H and O–H groups in total. The Bertz CT molecular complexity index is 837. The van der Waals surface area contributed by atoms with Crippen LogP contribution in [0.25, 0.3) is 11.0 Å². The van der Waals surface area contributed by atoms with E-state index >= 15 is 0 Å². The smallest absolute Gasteiger partial charge is 0.228 e. The predicted octanol–water partition coefficient (Wildman–Crippen LogP) is 3.02. The number of amides is 1. The van der Waals surface area contributed by atoms with Gasteiger partial charge in [0.05, 0.1) is 17.4 Å². The number of carbonyl (C=O) groups is 1. The molecule has 0 saturated heterocycles. The minimum atomic E-state index is 0.183. The molecule has 1 aromatic heterocycles. The van der Waals surface area contributed by atoms with Crippen molar-refractivity contribution in [3.05, 3.63) is 60.4 Å². The summed E-state index contributed by atoms with van der Waals surface area (Å²) in [6.07, 6.45) is 3.26. The van der Waals surface area contributed by atoms with Gasteiger partial charge in [0.2, 0.25) is 5.91 Å². The van der Waals surface area contributed by atoms with Gasteiger partial charge >= 0.3 is 0 Å². The zero-order valence-corrected chi connectivity index (χ0v) is 12.3. The van der Waals surface area contributed by atoms with Crippen molar-refractivity contribution in [2.45, 2.75) is 19.4 Å². The van der Waals surface area contributed by atoms with Crippen LogP contribution in [0.2, 0.25) is 0 Å². The van der Waals surface area contributed by atoms with Gasteiger partial charge < -0.3 is 9.47 Å². The van der Waals surface area contributed by atoms with Crippen molar-refractivity contribution in [3.8, 4) is 0 Å². The van der Waals surface area contributed by atoms with Crippen molar-refractivity contribution in [2.24, 2.45) is 0 Å². The number of aromatic nitrogens is 2. The lowest BCUT2D eigenvalue weighted by Crippen LogP contribution is -2.29. The molecule has 0 bridgehead atoms. The lowest BCUT2D eigenvalue weighted by atomic mass is 10.2. The summed E-state index contributed by atoms with van der Waals surface area (Å²) in [6.45, 7) is 1.46. The second-order valence-corrected chi connectivity index (χ2v) is 5.60. The lowest BCUT2D eigenvalue weighted by molar-refractivity contribution is -0.118. The SMILES string of the molecule is O=C(CCn1cnc2ccccc21)N1CCc2ccccc21. The Morgan fingerprint density at radius 1 is 1.09 bits per heavy atom. The fourth-order valence-corrected chi connectivity index (χ4v) is 3.14. The Hall–Kier alpha value is -2.62. The first-order valence-electron chi connectivity index (χ1n) is 7.61. The summed E-state index contributed by atoms with van der Waals surface area (Å²) in [7, 11) is 0. The average Bonchev–Trinajstić information content (AvgIpc) is 3.17. The molecule has 2 aromatic carbocycles. The number of fused-ring (bicyclic) bond motifs is 2. The third-order valence-electron chi connectivity index (χ3n) is 4.28. The maximum absolute atomic E-state index is 12.5. The number of carbonyl (C=O) groups excluding carboxylic acids is 1. The molecule has 4 rings (SSSR count). The summed E-state index contributed by atoms with van der Waals surface area (Å²) in [4.78, 5) is 18.8. The van der Waals surface area contributed by atoms with E-state index in [0.717, 1.165) is 29.7 Å². The fourth-order valence-electron chi connectivity index (χ4n) is 3.14. The maximum atomic E-state index is 12.5. The van der Waals surface area contributed by atoms with E-state index in [0.29, 0.717) is 13.0 Å². The van der Waals surface area contributed by atoms with Crippen LogP contribution in [0.5, 0.6) is 0 Å². The zero-order valence-electron chi connectivity index (χ0n) is 12.3. The first-order chi connectivity index (χ1) is 10.8. The van der Waals surface area contributed by atoms with Crippen molar-refractivity contribution in [1.82, 2.24) is 9.55 Å². The Morgan fingerprint density at radius 3 is 2.86 bits per heavy atom. The number of benzene rings is 2. The molecule has 4 heteroatoms. The number of imidazole rings is 1. The summed E-state index contributed by atoms with van der Waals surface area (Å²) >= 11 is 0. The Kier molecular flexibility index (Phi) is 3.15. The molecular formula is C18H17N3O. The first-order valence-corrected chi connectivity index (χ1v) is 7.61. The van der Waals surface area contributed by atoms with Crippen LogP contribution in [0.1, 0.15) is 12.0 Å². The molecule has 1 aliphatic rings. The van der Waals surface area contributed by atoms with E-state index in [4.69, 9.17) is 0 Å². The molecule has 4 nitrogen and oxygen atoms in total. The Morgan fingerprint density at radius 2 is 1.91 bits per heavy atom. The Balaban J connectivity index is 1.49. The van der Waals surface area contributed by atoms with Crippen molar-refractivity contribution in [2.75, 3.05) is 11.4 Å². The van der Waals surface area contributed by atoms with Crippen molar-refractivity contribution < 1.29 is 4.79 Å². The third-order valence-corrected chi connectivity index (χ3v) is 4.28. The minimum absolute atomic E-state index is 0.183. The number of nitrogens with zero attached hydrogens (tertiary/aromatic N) is 3. The van der Waals surface area contributed by atoms with E-state index in [1.165, 1.54) is 5.56 Å². The monoisotopic (exact) mass is 291 g/mol. The van der Waals surface area contributed by atoms with Crippen LogP contribution in [0.4, 0.5) is 5.69 Å². The van der Waals surface area contributed by atoms with Gasteiger partial charge in [0.15, 0.2) is 0 Å². The topological polar surface area (TPSA) is 38.1 Å². The quantitative estimate of drug-likeness (QED) is 0.744. The third kappa shape index (κ3) is 2.17. The molecule has 2 heterocycles. The van der Waals surface area contributed by atoms with Gasteiger partial charge in [0, 0.05) is 25.2 Å². The fraction of sp³-hybridized carbons (Fsp3) is 0.222. The van der Waals surface area contributed by atoms with E-state index in [1.54, 1.807) is 0 Å². The average molecular weight is 291 g/mol. The number of hydrogen-bond donors (Lipinski definition) is 0. The van der Waals surface area contributed by atoms with Gasteiger partial charge in [-0.2, -0.15) is 0 Å².